The Morgan fingerprint density at radius 3 is 2.56 bits per heavy atom. The van der Waals surface area contributed by atoms with Gasteiger partial charge in [-0.3, -0.25) is 5.01 Å². The Bertz CT molecular complexity index is 148. The van der Waals surface area contributed by atoms with Crippen molar-refractivity contribution in [3.63, 3.8) is 0 Å². The first-order valence-corrected chi connectivity index (χ1v) is 2.72. The highest BCUT2D eigenvalue weighted by Gasteiger charge is 1.74. The van der Waals surface area contributed by atoms with Gasteiger partial charge in [-0.1, -0.05) is 6.58 Å². The Morgan fingerprint density at radius 2 is 2.22 bits per heavy atom. The lowest BCUT2D eigenvalue weighted by Gasteiger charge is -2.01. The van der Waals surface area contributed by atoms with E-state index in [9.17, 15) is 0 Å². The van der Waals surface area contributed by atoms with Crippen molar-refractivity contribution >= 4 is 0 Å². The fourth-order valence-corrected chi connectivity index (χ4v) is 0.256. The zero-order chi connectivity index (χ0) is 7.28. The Hall–Kier alpha value is -0.980. The lowest BCUT2D eigenvalue weighted by molar-refractivity contribution is 0.543. The second kappa shape index (κ2) is 3.96. The van der Waals surface area contributed by atoms with Crippen LogP contribution in [0, 0.1) is 0 Å². The Balaban J connectivity index is 3.98. The van der Waals surface area contributed by atoms with Crippen LogP contribution in [0.3, 0.4) is 0 Å². The molecule has 0 bridgehead atoms. The van der Waals surface area contributed by atoms with Gasteiger partial charge >= 0.3 is 0 Å². The SMILES string of the molecule is C=CN(N)C=C=C(C)C. The molecule has 0 radical (unpaired) electrons. The number of hydrazine groups is 1. The highest BCUT2D eigenvalue weighted by atomic mass is 15.4. The van der Waals surface area contributed by atoms with Gasteiger partial charge in [-0.15, -0.1) is 5.73 Å². The highest BCUT2D eigenvalue weighted by Crippen LogP contribution is 1.84. The normalized spacial score (nSPS) is 7.44. The maximum absolute atomic E-state index is 5.31. The van der Waals surface area contributed by atoms with Crippen molar-refractivity contribution in [2.45, 2.75) is 13.8 Å². The van der Waals surface area contributed by atoms with Crippen molar-refractivity contribution in [1.29, 1.82) is 0 Å². The summed E-state index contributed by atoms with van der Waals surface area (Å²) in [4.78, 5) is 0. The van der Waals surface area contributed by atoms with Crippen LogP contribution in [0.2, 0.25) is 0 Å². The minimum Gasteiger partial charge on any atom is -0.287 e. The van der Waals surface area contributed by atoms with E-state index in [0.29, 0.717) is 0 Å². The third kappa shape index (κ3) is 4.88. The van der Waals surface area contributed by atoms with Gasteiger partial charge in [-0.2, -0.15) is 0 Å². The van der Waals surface area contributed by atoms with Gasteiger partial charge in [0.2, 0.25) is 0 Å². The molecule has 0 aromatic heterocycles. The molecule has 0 unspecified atom stereocenters. The number of allylic oxidation sites excluding steroid dienone is 1. The summed E-state index contributed by atoms with van der Waals surface area (Å²) in [6, 6.07) is 0. The van der Waals surface area contributed by atoms with Crippen molar-refractivity contribution < 1.29 is 0 Å². The molecule has 0 aromatic carbocycles. The molecule has 0 rings (SSSR count). The quantitative estimate of drug-likeness (QED) is 0.342. The molecule has 2 N–H and O–H groups in total. The summed E-state index contributed by atoms with van der Waals surface area (Å²) in [5, 5.41) is 1.35. The highest BCUT2D eigenvalue weighted by molar-refractivity contribution is 4.94. The summed E-state index contributed by atoms with van der Waals surface area (Å²) < 4.78 is 0. The van der Waals surface area contributed by atoms with Gasteiger partial charge in [0.25, 0.3) is 0 Å². The van der Waals surface area contributed by atoms with Crippen LogP contribution in [-0.4, -0.2) is 5.01 Å². The lowest BCUT2D eigenvalue weighted by atomic mass is 10.4. The Morgan fingerprint density at radius 1 is 1.67 bits per heavy atom. The number of hydrogen-bond acceptors (Lipinski definition) is 2. The monoisotopic (exact) mass is 124 g/mol. The summed E-state index contributed by atoms with van der Waals surface area (Å²) in [6.45, 7) is 7.36. The average Bonchev–Trinajstić information content (AvgIpc) is 1.83. The fraction of sp³-hybridized carbons (Fsp3) is 0.286. The second-order valence-electron chi connectivity index (χ2n) is 1.90. The van der Waals surface area contributed by atoms with Gasteiger partial charge < -0.3 is 0 Å². The fourth-order valence-electron chi connectivity index (χ4n) is 0.256. The average molecular weight is 124 g/mol. The van der Waals surface area contributed by atoms with Crippen molar-refractivity contribution in [3.8, 4) is 0 Å². The van der Waals surface area contributed by atoms with Gasteiger partial charge in [0.15, 0.2) is 0 Å². The number of nitrogens with two attached hydrogens (primary N) is 1. The molecule has 2 heteroatoms. The van der Waals surface area contributed by atoms with Crippen molar-refractivity contribution in [1.82, 2.24) is 5.01 Å². The molecule has 0 saturated heterocycles. The number of hydrogen-bond donors (Lipinski definition) is 1. The van der Waals surface area contributed by atoms with Crippen LogP contribution < -0.4 is 5.84 Å². The van der Waals surface area contributed by atoms with Gasteiger partial charge in [0.1, 0.15) is 0 Å². The predicted molar refractivity (Wildman–Crippen MR) is 39.2 cm³/mol. The Kier molecular flexibility index (Phi) is 3.52. The molecule has 50 valence electrons. The molecule has 9 heavy (non-hydrogen) atoms. The molecular weight excluding hydrogens is 112 g/mol. The Labute approximate surface area is 55.9 Å². The molecule has 0 atom stereocenters. The zero-order valence-corrected chi connectivity index (χ0v) is 5.89. The molecule has 0 saturated carbocycles. The summed E-state index contributed by atoms with van der Waals surface area (Å²) in [7, 11) is 0. The minimum atomic E-state index is 1.09. The van der Waals surface area contributed by atoms with Gasteiger partial charge in [-0.25, -0.2) is 5.84 Å². The maximum atomic E-state index is 5.31. The molecule has 2 nitrogen and oxygen atoms in total. The molecule has 0 aromatic rings. The van der Waals surface area contributed by atoms with E-state index in [2.05, 4.69) is 12.3 Å². The van der Waals surface area contributed by atoms with Crippen molar-refractivity contribution in [2.75, 3.05) is 0 Å². The van der Waals surface area contributed by atoms with Crippen LogP contribution in [-0.2, 0) is 0 Å². The largest absolute Gasteiger partial charge is 0.287 e. The van der Waals surface area contributed by atoms with E-state index in [1.165, 1.54) is 11.2 Å². The van der Waals surface area contributed by atoms with Crippen LogP contribution >= 0.6 is 0 Å². The van der Waals surface area contributed by atoms with Gasteiger partial charge in [0, 0.05) is 6.20 Å². The maximum Gasteiger partial charge on any atom is 0.0624 e. The van der Waals surface area contributed by atoms with Crippen LogP contribution in [0.25, 0.3) is 0 Å². The first-order chi connectivity index (χ1) is 4.16. The summed E-state index contributed by atoms with van der Waals surface area (Å²) in [5.41, 5.74) is 4.01. The van der Waals surface area contributed by atoms with Crippen LogP contribution in [0.4, 0.5) is 0 Å². The summed E-state index contributed by atoms with van der Waals surface area (Å²) >= 11 is 0. The molecule has 0 fully saturated rings. The number of nitrogens with zero attached hydrogens (tertiary/aromatic N) is 1. The first-order valence-electron chi connectivity index (χ1n) is 2.72. The van der Waals surface area contributed by atoms with Crippen LogP contribution in [0.5, 0.6) is 0 Å². The van der Waals surface area contributed by atoms with Crippen LogP contribution in [0.1, 0.15) is 13.8 Å². The third-order valence-electron chi connectivity index (χ3n) is 0.713. The smallest absolute Gasteiger partial charge is 0.0624 e. The molecule has 0 spiro atoms. The standard InChI is InChI=1S/C7H12N2/c1-4-9(8)6-5-7(2)3/h4,6H,1,8H2,2-3H3. The minimum absolute atomic E-state index is 1.09. The zero-order valence-electron chi connectivity index (χ0n) is 5.89. The van der Waals surface area contributed by atoms with Crippen LogP contribution in [0.15, 0.2) is 30.3 Å². The molecule has 0 aliphatic heterocycles. The van der Waals surface area contributed by atoms with E-state index >= 15 is 0 Å². The molecule has 0 aliphatic rings. The molecule has 0 amide bonds. The van der Waals surface area contributed by atoms with Crippen molar-refractivity contribution in [2.24, 2.45) is 5.84 Å². The van der Waals surface area contributed by atoms with E-state index in [-0.39, 0.29) is 0 Å². The van der Waals surface area contributed by atoms with E-state index in [4.69, 9.17) is 5.84 Å². The van der Waals surface area contributed by atoms with Gasteiger partial charge in [0.05, 0.1) is 6.20 Å². The molecule has 0 aliphatic carbocycles. The van der Waals surface area contributed by atoms with Gasteiger partial charge in [-0.05, 0) is 19.4 Å². The molecular formula is C7H12N2. The van der Waals surface area contributed by atoms with Crippen molar-refractivity contribution in [3.05, 3.63) is 30.3 Å². The second-order valence-corrected chi connectivity index (χ2v) is 1.90. The lowest BCUT2D eigenvalue weighted by Crippen LogP contribution is -2.16. The predicted octanol–water partition coefficient (Wildman–Crippen LogP) is 1.38. The van der Waals surface area contributed by atoms with E-state index in [1.807, 2.05) is 13.8 Å². The van der Waals surface area contributed by atoms with E-state index in [1.54, 1.807) is 6.20 Å². The summed E-state index contributed by atoms with van der Waals surface area (Å²) in [5.74, 6) is 5.31. The van der Waals surface area contributed by atoms with E-state index < -0.39 is 0 Å². The van der Waals surface area contributed by atoms with E-state index in [0.717, 1.165) is 5.57 Å². The first kappa shape index (κ1) is 8.02. The third-order valence-corrected chi connectivity index (χ3v) is 0.713. The number of rotatable bonds is 2. The molecule has 0 heterocycles. The summed E-state index contributed by atoms with van der Waals surface area (Å²) in [6.07, 6.45) is 3.14. The topological polar surface area (TPSA) is 29.3 Å².